The van der Waals surface area contributed by atoms with Gasteiger partial charge in [0.25, 0.3) is 5.91 Å². The van der Waals surface area contributed by atoms with E-state index in [1.165, 1.54) is 60.7 Å². The standard InChI is InChI=1S/C21H26N4O5S3.ClH/c1-23(2)12-13-25(20(26)15-6-8-16(9-7-15)33(29,30)24(3)4)21-22-18-11-10-17(32(5,27)28)14-19(18)31-21;/h6-11,14H,12-13H2,1-5H3;1H. The van der Waals surface area contributed by atoms with Crippen LogP contribution in [0.1, 0.15) is 10.4 Å². The molecule has 0 atom stereocenters. The number of benzene rings is 2. The Labute approximate surface area is 210 Å². The van der Waals surface area contributed by atoms with E-state index in [0.717, 1.165) is 10.6 Å². The molecule has 34 heavy (non-hydrogen) atoms. The van der Waals surface area contributed by atoms with Crippen molar-refractivity contribution in [2.75, 3.05) is 52.4 Å². The van der Waals surface area contributed by atoms with Gasteiger partial charge in [-0.1, -0.05) is 11.3 Å². The third kappa shape index (κ3) is 6.12. The zero-order valence-corrected chi connectivity index (χ0v) is 22.7. The van der Waals surface area contributed by atoms with Gasteiger partial charge in [0, 0.05) is 39.0 Å². The van der Waals surface area contributed by atoms with Gasteiger partial charge in [-0.15, -0.1) is 12.4 Å². The number of sulfone groups is 1. The van der Waals surface area contributed by atoms with Gasteiger partial charge in [-0.25, -0.2) is 26.1 Å². The fraction of sp³-hybridized carbons (Fsp3) is 0.333. The van der Waals surface area contributed by atoms with Crippen LogP contribution in [0.4, 0.5) is 5.13 Å². The first kappa shape index (κ1) is 28.1. The number of aromatic nitrogens is 1. The van der Waals surface area contributed by atoms with Crippen LogP contribution >= 0.6 is 23.7 Å². The predicted molar refractivity (Wildman–Crippen MR) is 138 cm³/mol. The summed E-state index contributed by atoms with van der Waals surface area (Å²) in [6.07, 6.45) is 1.14. The maximum atomic E-state index is 13.4. The molecule has 1 amide bonds. The predicted octanol–water partition coefficient (Wildman–Crippen LogP) is 2.58. The van der Waals surface area contributed by atoms with Gasteiger partial charge in [0.05, 0.1) is 20.0 Å². The molecule has 0 spiro atoms. The number of hydrogen-bond acceptors (Lipinski definition) is 8. The van der Waals surface area contributed by atoms with Gasteiger partial charge in [0.1, 0.15) is 0 Å². The average Bonchev–Trinajstić information content (AvgIpc) is 3.15. The smallest absolute Gasteiger partial charge is 0.260 e. The van der Waals surface area contributed by atoms with E-state index >= 15 is 0 Å². The molecule has 1 aromatic heterocycles. The van der Waals surface area contributed by atoms with Crippen LogP contribution in [-0.2, 0) is 19.9 Å². The van der Waals surface area contributed by atoms with Crippen LogP contribution in [0, 0.1) is 0 Å². The summed E-state index contributed by atoms with van der Waals surface area (Å²) in [5.74, 6) is -0.326. The van der Waals surface area contributed by atoms with E-state index in [2.05, 4.69) is 4.98 Å². The Balaban J connectivity index is 0.00000408. The highest BCUT2D eigenvalue weighted by atomic mass is 35.5. The summed E-state index contributed by atoms with van der Waals surface area (Å²) in [5, 5.41) is 0.437. The van der Waals surface area contributed by atoms with Crippen molar-refractivity contribution in [3.05, 3.63) is 48.0 Å². The lowest BCUT2D eigenvalue weighted by atomic mass is 10.2. The molecular formula is C21H27ClN4O5S3. The Kier molecular flexibility index (Phi) is 8.83. The van der Waals surface area contributed by atoms with Gasteiger partial charge in [-0.2, -0.15) is 0 Å². The Bertz CT molecular complexity index is 1390. The second kappa shape index (κ2) is 10.7. The van der Waals surface area contributed by atoms with Crippen molar-refractivity contribution in [3.63, 3.8) is 0 Å². The van der Waals surface area contributed by atoms with Gasteiger partial charge in [0.2, 0.25) is 10.0 Å². The minimum atomic E-state index is -3.60. The number of halogens is 1. The van der Waals surface area contributed by atoms with E-state index in [1.807, 2.05) is 19.0 Å². The fourth-order valence-corrected chi connectivity index (χ4v) is 5.61. The van der Waals surface area contributed by atoms with E-state index < -0.39 is 19.9 Å². The van der Waals surface area contributed by atoms with Crippen LogP contribution in [0.2, 0.25) is 0 Å². The molecule has 0 unspecified atom stereocenters. The zero-order valence-electron chi connectivity index (χ0n) is 19.4. The second-order valence-electron chi connectivity index (χ2n) is 7.97. The first-order valence-electron chi connectivity index (χ1n) is 9.90. The number of likely N-dealkylation sites (N-methyl/N-ethyl adjacent to an activating group) is 1. The van der Waals surface area contributed by atoms with E-state index in [4.69, 9.17) is 0 Å². The van der Waals surface area contributed by atoms with Crippen LogP contribution in [0.3, 0.4) is 0 Å². The highest BCUT2D eigenvalue weighted by molar-refractivity contribution is 7.90. The molecule has 0 saturated heterocycles. The van der Waals surface area contributed by atoms with Gasteiger partial charge >= 0.3 is 0 Å². The van der Waals surface area contributed by atoms with Gasteiger partial charge in [-0.05, 0) is 56.6 Å². The number of amides is 1. The number of hydrogen-bond donors (Lipinski definition) is 0. The Morgan fingerprint density at radius 1 is 0.912 bits per heavy atom. The first-order valence-corrected chi connectivity index (χ1v) is 14.1. The van der Waals surface area contributed by atoms with Crippen molar-refractivity contribution in [2.24, 2.45) is 0 Å². The number of thiazole rings is 1. The van der Waals surface area contributed by atoms with Gasteiger partial charge in [0.15, 0.2) is 15.0 Å². The first-order chi connectivity index (χ1) is 15.3. The Morgan fingerprint density at radius 3 is 2.03 bits per heavy atom. The fourth-order valence-electron chi connectivity index (χ4n) is 2.96. The summed E-state index contributed by atoms with van der Waals surface area (Å²) in [6.45, 7) is 0.922. The minimum absolute atomic E-state index is 0. The summed E-state index contributed by atoms with van der Waals surface area (Å²) in [7, 11) is -0.307. The van der Waals surface area contributed by atoms with Crippen molar-refractivity contribution in [2.45, 2.75) is 9.79 Å². The molecule has 186 valence electrons. The lowest BCUT2D eigenvalue weighted by Gasteiger charge is -2.22. The zero-order chi connectivity index (χ0) is 24.6. The van der Waals surface area contributed by atoms with Crippen LogP contribution in [0.25, 0.3) is 10.2 Å². The Hall–Kier alpha value is -2.09. The number of sulfonamides is 1. The molecule has 3 rings (SSSR count). The minimum Gasteiger partial charge on any atom is -0.308 e. The van der Waals surface area contributed by atoms with Crippen molar-refractivity contribution >= 4 is 64.9 Å². The number of rotatable bonds is 8. The molecule has 0 radical (unpaired) electrons. The van der Waals surface area contributed by atoms with Crippen LogP contribution in [0.15, 0.2) is 52.3 Å². The molecular weight excluding hydrogens is 520 g/mol. The molecule has 13 heteroatoms. The molecule has 0 bridgehead atoms. The lowest BCUT2D eigenvalue weighted by molar-refractivity contribution is 0.0985. The molecule has 0 aliphatic rings. The number of anilines is 1. The van der Waals surface area contributed by atoms with Gasteiger partial charge < -0.3 is 4.90 Å². The third-order valence-electron chi connectivity index (χ3n) is 4.90. The maximum Gasteiger partial charge on any atom is 0.260 e. The summed E-state index contributed by atoms with van der Waals surface area (Å²) < 4.78 is 50.2. The van der Waals surface area contributed by atoms with Crippen LogP contribution in [-0.4, -0.2) is 84.5 Å². The van der Waals surface area contributed by atoms with Crippen molar-refractivity contribution in [1.82, 2.24) is 14.2 Å². The van der Waals surface area contributed by atoms with Crippen LogP contribution in [0.5, 0.6) is 0 Å². The average molecular weight is 547 g/mol. The van der Waals surface area contributed by atoms with Crippen molar-refractivity contribution in [1.29, 1.82) is 0 Å². The van der Waals surface area contributed by atoms with E-state index in [0.29, 0.717) is 34.0 Å². The highest BCUT2D eigenvalue weighted by Gasteiger charge is 2.23. The number of carbonyl (C=O) groups is 1. The summed E-state index contributed by atoms with van der Waals surface area (Å²) in [5.41, 5.74) is 0.917. The van der Waals surface area contributed by atoms with Gasteiger partial charge in [-0.3, -0.25) is 9.69 Å². The molecule has 1 heterocycles. The largest absolute Gasteiger partial charge is 0.308 e. The third-order valence-corrected chi connectivity index (χ3v) is 8.88. The summed E-state index contributed by atoms with van der Waals surface area (Å²) >= 11 is 1.23. The normalized spacial score (nSPS) is 12.2. The maximum absolute atomic E-state index is 13.4. The van der Waals surface area contributed by atoms with Crippen molar-refractivity contribution < 1.29 is 21.6 Å². The molecule has 2 aromatic carbocycles. The Morgan fingerprint density at radius 2 is 1.50 bits per heavy atom. The summed E-state index contributed by atoms with van der Waals surface area (Å²) in [4.78, 5) is 21.7. The molecule has 0 saturated carbocycles. The molecule has 0 fully saturated rings. The highest BCUT2D eigenvalue weighted by Crippen LogP contribution is 2.31. The molecule has 9 nitrogen and oxygen atoms in total. The summed E-state index contributed by atoms with van der Waals surface area (Å²) in [6, 6.07) is 10.5. The quantitative estimate of drug-likeness (QED) is 0.427. The number of nitrogens with zero attached hydrogens (tertiary/aromatic N) is 4. The van der Waals surface area contributed by atoms with Crippen LogP contribution < -0.4 is 4.90 Å². The van der Waals surface area contributed by atoms with Crippen molar-refractivity contribution in [3.8, 4) is 0 Å². The molecule has 3 aromatic rings. The van der Waals surface area contributed by atoms with E-state index in [-0.39, 0.29) is 28.1 Å². The number of fused-ring (bicyclic) bond motifs is 1. The number of carbonyl (C=O) groups excluding carboxylic acids is 1. The van der Waals surface area contributed by atoms with E-state index in [9.17, 15) is 21.6 Å². The molecule has 0 N–H and O–H groups in total. The monoisotopic (exact) mass is 546 g/mol. The molecule has 0 aliphatic carbocycles. The molecule has 0 aliphatic heterocycles. The second-order valence-corrected chi connectivity index (χ2v) is 13.1. The topological polar surface area (TPSA) is 108 Å². The SMILES string of the molecule is CN(C)CCN(C(=O)c1ccc(S(=O)(=O)N(C)C)cc1)c1nc2ccc(S(C)(=O)=O)cc2s1.Cl. The lowest BCUT2D eigenvalue weighted by Crippen LogP contribution is -2.36. The van der Waals surface area contributed by atoms with E-state index in [1.54, 1.807) is 12.1 Å².